The monoisotopic (exact) mass is 288 g/mol. The zero-order chi connectivity index (χ0) is 14.0. The summed E-state index contributed by atoms with van der Waals surface area (Å²) in [5.74, 6) is 0. The molecule has 0 radical (unpaired) electrons. The molecule has 0 spiro atoms. The van der Waals surface area contributed by atoms with Gasteiger partial charge < -0.3 is 5.32 Å². The average Bonchev–Trinajstić information content (AvgIpc) is 2.78. The fourth-order valence-electron chi connectivity index (χ4n) is 1.34. The number of anilines is 2. The van der Waals surface area contributed by atoms with E-state index in [0.29, 0.717) is 16.1 Å². The molecule has 0 fully saturated rings. The van der Waals surface area contributed by atoms with Gasteiger partial charge in [-0.3, -0.25) is 0 Å². The highest BCUT2D eigenvalue weighted by Gasteiger charge is 2.33. The zero-order valence-electron chi connectivity index (χ0n) is 9.73. The van der Waals surface area contributed by atoms with Gasteiger partial charge in [-0.1, -0.05) is 0 Å². The first-order chi connectivity index (χ1) is 8.86. The largest absolute Gasteiger partial charge is 0.434 e. The number of alkyl halides is 3. The number of thiazole rings is 1. The lowest BCUT2D eigenvalue weighted by molar-refractivity contribution is -0.428. The van der Waals surface area contributed by atoms with E-state index < -0.39 is 11.9 Å². The fraction of sp³-hybridized carbons (Fsp3) is 0.182. The second-order valence-electron chi connectivity index (χ2n) is 3.70. The number of nitroso groups, excluding NO2 is 1. The SMILES string of the molecule is C[N+](=O)c1ccc(Nc2nc(C(F)(F)F)cs2)cc1. The highest BCUT2D eigenvalue weighted by molar-refractivity contribution is 7.13. The van der Waals surface area contributed by atoms with Crippen LogP contribution < -0.4 is 5.32 Å². The van der Waals surface area contributed by atoms with Crippen molar-refractivity contribution in [2.24, 2.45) is 0 Å². The van der Waals surface area contributed by atoms with Crippen LogP contribution in [-0.4, -0.2) is 16.8 Å². The third-order valence-corrected chi connectivity index (χ3v) is 3.03. The van der Waals surface area contributed by atoms with Crippen LogP contribution in [0.5, 0.6) is 0 Å². The van der Waals surface area contributed by atoms with Gasteiger partial charge in [0, 0.05) is 32.9 Å². The second-order valence-corrected chi connectivity index (χ2v) is 4.56. The van der Waals surface area contributed by atoms with Gasteiger partial charge in [0.05, 0.1) is 0 Å². The number of hydrogen-bond donors (Lipinski definition) is 1. The van der Waals surface area contributed by atoms with E-state index in [1.807, 2.05) is 0 Å². The van der Waals surface area contributed by atoms with Crippen LogP contribution in [0.15, 0.2) is 29.6 Å². The van der Waals surface area contributed by atoms with Crippen LogP contribution in [0.4, 0.5) is 29.7 Å². The molecule has 0 atom stereocenters. The number of halogens is 3. The van der Waals surface area contributed by atoms with Crippen LogP contribution in [-0.2, 0) is 6.18 Å². The maximum atomic E-state index is 12.4. The molecule has 100 valence electrons. The molecule has 0 saturated heterocycles. The molecule has 0 aliphatic heterocycles. The van der Waals surface area contributed by atoms with Gasteiger partial charge in [0.25, 0.3) is 5.69 Å². The van der Waals surface area contributed by atoms with E-state index in [1.165, 1.54) is 7.05 Å². The summed E-state index contributed by atoms with van der Waals surface area (Å²) in [5.41, 5.74) is 0.102. The minimum absolute atomic E-state index is 0.149. The Balaban J connectivity index is 2.13. The Bertz CT molecular complexity index is 592. The predicted molar refractivity (Wildman–Crippen MR) is 66.1 cm³/mol. The van der Waals surface area contributed by atoms with Crippen molar-refractivity contribution in [3.63, 3.8) is 0 Å². The molecule has 1 N–H and O–H groups in total. The minimum Gasteiger partial charge on any atom is -0.332 e. The summed E-state index contributed by atoms with van der Waals surface area (Å²) in [7, 11) is 1.36. The lowest BCUT2D eigenvalue weighted by Gasteiger charge is -2.02. The molecule has 0 aliphatic carbocycles. The Morgan fingerprint density at radius 2 is 1.89 bits per heavy atom. The quantitative estimate of drug-likeness (QED) is 0.870. The molecule has 2 aromatic rings. The van der Waals surface area contributed by atoms with Crippen molar-refractivity contribution >= 4 is 27.8 Å². The highest BCUT2D eigenvalue weighted by atomic mass is 32.1. The Morgan fingerprint density at radius 3 is 2.37 bits per heavy atom. The third kappa shape index (κ3) is 3.28. The number of nitrogens with zero attached hydrogens (tertiary/aromatic N) is 2. The molecule has 0 saturated carbocycles. The fourth-order valence-corrected chi connectivity index (χ4v) is 2.08. The number of rotatable bonds is 3. The van der Waals surface area contributed by atoms with Gasteiger partial charge in [-0.15, -0.1) is 11.3 Å². The lowest BCUT2D eigenvalue weighted by Crippen LogP contribution is -2.05. The van der Waals surface area contributed by atoms with Gasteiger partial charge in [0.1, 0.15) is 0 Å². The standard InChI is InChI=1S/C11H9F3N3OS/c1-17(18)8-4-2-7(3-5-8)15-10-16-9(6-19-10)11(12,13)14/h2-6H,1H3,(H,15,16)/q+1. The Labute approximate surface area is 110 Å². The van der Waals surface area contributed by atoms with Gasteiger partial charge in [-0.25, -0.2) is 4.98 Å². The second kappa shape index (κ2) is 4.96. The molecule has 0 amide bonds. The summed E-state index contributed by atoms with van der Waals surface area (Å²) in [6, 6.07) is 6.32. The molecule has 1 heterocycles. The van der Waals surface area contributed by atoms with Crippen molar-refractivity contribution in [2.75, 3.05) is 12.4 Å². The van der Waals surface area contributed by atoms with Crippen LogP contribution in [0, 0.1) is 4.91 Å². The van der Waals surface area contributed by atoms with Crippen LogP contribution in [0.1, 0.15) is 5.69 Å². The van der Waals surface area contributed by atoms with E-state index in [0.717, 1.165) is 16.7 Å². The van der Waals surface area contributed by atoms with Gasteiger partial charge in [0.15, 0.2) is 17.9 Å². The summed E-state index contributed by atoms with van der Waals surface area (Å²) in [6.07, 6.45) is -4.44. The molecule has 1 aromatic heterocycles. The molecule has 4 nitrogen and oxygen atoms in total. The molecule has 0 unspecified atom stereocenters. The number of benzene rings is 1. The van der Waals surface area contributed by atoms with Gasteiger partial charge in [0.2, 0.25) is 0 Å². The van der Waals surface area contributed by atoms with Crippen LogP contribution in [0.3, 0.4) is 0 Å². The number of hydrogen-bond acceptors (Lipinski definition) is 4. The lowest BCUT2D eigenvalue weighted by atomic mass is 10.3. The smallest absolute Gasteiger partial charge is 0.332 e. The maximum absolute atomic E-state index is 12.4. The summed E-state index contributed by atoms with van der Waals surface area (Å²) in [5, 5.41) is 3.84. The zero-order valence-corrected chi connectivity index (χ0v) is 10.5. The average molecular weight is 288 g/mol. The van der Waals surface area contributed by atoms with Crippen molar-refractivity contribution in [1.29, 1.82) is 0 Å². The molecule has 19 heavy (non-hydrogen) atoms. The van der Waals surface area contributed by atoms with Crippen LogP contribution >= 0.6 is 11.3 Å². The van der Waals surface area contributed by atoms with E-state index in [1.54, 1.807) is 24.3 Å². The molecule has 2 rings (SSSR count). The first-order valence-corrected chi connectivity index (χ1v) is 6.05. The van der Waals surface area contributed by atoms with Gasteiger partial charge in [-0.2, -0.15) is 13.2 Å². The van der Waals surface area contributed by atoms with E-state index in [9.17, 15) is 18.1 Å². The Kier molecular flexibility index (Phi) is 3.52. The van der Waals surface area contributed by atoms with Crippen LogP contribution in [0.25, 0.3) is 0 Å². The molecule has 8 heteroatoms. The topological polar surface area (TPSA) is 45.0 Å². The van der Waals surface area contributed by atoms with Crippen molar-refractivity contribution in [3.05, 3.63) is 40.2 Å². The number of nitrogens with one attached hydrogen (secondary N) is 1. The first-order valence-electron chi connectivity index (χ1n) is 5.17. The summed E-state index contributed by atoms with van der Waals surface area (Å²) < 4.78 is 37.8. The third-order valence-electron chi connectivity index (χ3n) is 2.28. The predicted octanol–water partition coefficient (Wildman–Crippen LogP) is 3.95. The van der Waals surface area contributed by atoms with Crippen molar-refractivity contribution in [2.45, 2.75) is 6.18 Å². The van der Waals surface area contributed by atoms with Gasteiger partial charge >= 0.3 is 6.18 Å². The van der Waals surface area contributed by atoms with E-state index in [2.05, 4.69) is 10.3 Å². The summed E-state index contributed by atoms with van der Waals surface area (Å²) in [6.45, 7) is 0. The Hall–Kier alpha value is -1.96. The molecule has 1 aromatic carbocycles. The van der Waals surface area contributed by atoms with Crippen molar-refractivity contribution in [3.8, 4) is 0 Å². The van der Waals surface area contributed by atoms with E-state index in [4.69, 9.17) is 0 Å². The summed E-state index contributed by atoms with van der Waals surface area (Å²) >= 11 is 0.867. The Morgan fingerprint density at radius 1 is 1.26 bits per heavy atom. The molecule has 0 bridgehead atoms. The first kappa shape index (κ1) is 13.5. The van der Waals surface area contributed by atoms with Crippen molar-refractivity contribution in [1.82, 2.24) is 4.98 Å². The highest BCUT2D eigenvalue weighted by Crippen LogP contribution is 2.32. The van der Waals surface area contributed by atoms with E-state index >= 15 is 0 Å². The van der Waals surface area contributed by atoms with E-state index in [-0.39, 0.29) is 5.13 Å². The molecular formula is C11H9F3N3OS+. The summed E-state index contributed by atoms with van der Waals surface area (Å²) in [4.78, 5) is 14.4. The van der Waals surface area contributed by atoms with Crippen molar-refractivity contribution < 1.29 is 17.9 Å². The maximum Gasteiger partial charge on any atom is 0.434 e. The minimum atomic E-state index is -4.44. The molecular weight excluding hydrogens is 279 g/mol. The molecule has 0 aliphatic rings. The van der Waals surface area contributed by atoms with Crippen LogP contribution in [0.2, 0.25) is 0 Å². The number of aromatic nitrogens is 1. The normalized spacial score (nSPS) is 11.4. The van der Waals surface area contributed by atoms with Gasteiger partial charge in [-0.05, 0) is 12.1 Å².